The second-order valence-electron chi connectivity index (χ2n) is 8.12. The second-order valence-corrected chi connectivity index (χ2v) is 8.53. The Balaban J connectivity index is 1.32. The summed E-state index contributed by atoms with van der Waals surface area (Å²) in [5, 5.41) is 4.30. The molecule has 0 saturated heterocycles. The number of ether oxygens (including phenoxy) is 1. The maximum Gasteiger partial charge on any atom is 0.417 e. The molecule has 5 N–H and O–H groups in total. The maximum absolute atomic E-state index is 13.0. The summed E-state index contributed by atoms with van der Waals surface area (Å²) in [6.45, 7) is 0. The van der Waals surface area contributed by atoms with Crippen LogP contribution in [0, 0.1) is 0 Å². The fourth-order valence-electron chi connectivity index (χ4n) is 3.26. The zero-order valence-electron chi connectivity index (χ0n) is 20.5. The molecule has 11 nitrogen and oxygen atoms in total. The van der Waals surface area contributed by atoms with E-state index in [1.165, 1.54) is 60.9 Å². The second kappa shape index (κ2) is 12.2. The molecule has 15 heteroatoms. The Bertz CT molecular complexity index is 1640. The van der Waals surface area contributed by atoms with Crippen LogP contribution in [0.4, 0.5) is 29.3 Å². The Morgan fingerprint density at radius 3 is 2.20 bits per heavy atom. The van der Waals surface area contributed by atoms with Gasteiger partial charge in [0.1, 0.15) is 17.2 Å². The van der Waals surface area contributed by atoms with Crippen LogP contribution in [0.25, 0.3) is 0 Å². The van der Waals surface area contributed by atoms with E-state index in [1.54, 1.807) is 0 Å². The van der Waals surface area contributed by atoms with Gasteiger partial charge in [0.15, 0.2) is 0 Å². The van der Waals surface area contributed by atoms with Crippen LogP contribution < -0.4 is 31.8 Å². The molecule has 210 valence electrons. The number of alkyl halides is 3. The highest BCUT2D eigenvalue weighted by atomic mass is 35.5. The van der Waals surface area contributed by atoms with Gasteiger partial charge in [-0.25, -0.2) is 4.79 Å². The summed E-state index contributed by atoms with van der Waals surface area (Å²) >= 11 is 5.59. The summed E-state index contributed by atoms with van der Waals surface area (Å²) in [7, 11) is 0. The van der Waals surface area contributed by atoms with E-state index in [0.29, 0.717) is 11.4 Å². The van der Waals surface area contributed by atoms with E-state index in [9.17, 15) is 32.3 Å². The van der Waals surface area contributed by atoms with Gasteiger partial charge >= 0.3 is 12.2 Å². The van der Waals surface area contributed by atoms with Crippen LogP contribution in [0.1, 0.15) is 26.4 Å². The number of rotatable bonds is 6. The minimum absolute atomic E-state index is 0.0740. The number of nitrogens with one attached hydrogen (secondary N) is 5. The first kappa shape index (κ1) is 28.6. The molecule has 4 aromatic rings. The van der Waals surface area contributed by atoms with Crippen LogP contribution in [-0.4, -0.2) is 27.8 Å². The molecule has 0 radical (unpaired) electrons. The molecule has 0 aliphatic rings. The lowest BCUT2D eigenvalue weighted by atomic mass is 10.2. The molecule has 4 amide bonds. The number of hydrogen-bond donors (Lipinski definition) is 5. The summed E-state index contributed by atoms with van der Waals surface area (Å²) in [4.78, 5) is 54.1. The molecule has 2 aromatic heterocycles. The molecular formula is C26H18ClF3N6O5. The van der Waals surface area contributed by atoms with Gasteiger partial charge in [0.2, 0.25) is 5.56 Å². The summed E-state index contributed by atoms with van der Waals surface area (Å²) in [6.07, 6.45) is -2.17. The van der Waals surface area contributed by atoms with E-state index in [4.69, 9.17) is 16.3 Å². The number of urea groups is 1. The van der Waals surface area contributed by atoms with Crippen LogP contribution in [0.5, 0.6) is 11.5 Å². The third kappa shape index (κ3) is 7.83. The maximum atomic E-state index is 13.0. The fraction of sp³-hybridized carbons (Fsp3) is 0.0385. The lowest BCUT2D eigenvalue weighted by molar-refractivity contribution is -0.137. The number of carbonyl (C=O) groups excluding carboxylic acids is 3. The lowest BCUT2D eigenvalue weighted by Crippen LogP contribution is -2.42. The van der Waals surface area contributed by atoms with Crippen molar-refractivity contribution in [3.8, 4) is 11.5 Å². The van der Waals surface area contributed by atoms with Gasteiger partial charge in [-0.05, 0) is 54.6 Å². The molecular weight excluding hydrogens is 569 g/mol. The highest BCUT2D eigenvalue weighted by molar-refractivity contribution is 6.31. The van der Waals surface area contributed by atoms with Crippen LogP contribution >= 0.6 is 11.6 Å². The van der Waals surface area contributed by atoms with E-state index in [2.05, 4.69) is 31.5 Å². The first-order valence-corrected chi connectivity index (χ1v) is 11.8. The van der Waals surface area contributed by atoms with Gasteiger partial charge in [0.05, 0.1) is 16.1 Å². The number of halogens is 4. The van der Waals surface area contributed by atoms with Crippen molar-refractivity contribution in [2.24, 2.45) is 0 Å². The zero-order valence-corrected chi connectivity index (χ0v) is 21.3. The van der Waals surface area contributed by atoms with Gasteiger partial charge in [-0.15, -0.1) is 0 Å². The normalized spacial score (nSPS) is 10.8. The van der Waals surface area contributed by atoms with Gasteiger partial charge < -0.3 is 20.4 Å². The number of hydrazine groups is 1. The molecule has 2 aromatic carbocycles. The third-order valence-electron chi connectivity index (χ3n) is 5.18. The Morgan fingerprint density at radius 1 is 0.829 bits per heavy atom. The van der Waals surface area contributed by atoms with Crippen LogP contribution in [0.2, 0.25) is 5.02 Å². The van der Waals surface area contributed by atoms with Gasteiger partial charge in [0, 0.05) is 35.9 Å². The van der Waals surface area contributed by atoms with Crippen molar-refractivity contribution in [1.82, 2.24) is 20.8 Å². The van der Waals surface area contributed by atoms with Crippen molar-refractivity contribution in [3.63, 3.8) is 0 Å². The number of hydrogen-bond acceptors (Lipinski definition) is 6. The molecule has 0 fully saturated rings. The van der Waals surface area contributed by atoms with Gasteiger partial charge in [-0.3, -0.25) is 30.2 Å². The van der Waals surface area contributed by atoms with E-state index >= 15 is 0 Å². The number of nitrogens with zero attached hydrogens (tertiary/aromatic N) is 1. The van der Waals surface area contributed by atoms with E-state index in [1.807, 2.05) is 0 Å². The molecule has 0 atom stereocenters. The molecule has 0 unspecified atom stereocenters. The monoisotopic (exact) mass is 586 g/mol. The van der Waals surface area contributed by atoms with Gasteiger partial charge in [0.25, 0.3) is 11.8 Å². The zero-order chi connectivity index (χ0) is 29.6. The SMILES string of the molecule is O=C(Nc1ccc(Oc2ccnc(C(=O)NNC(=O)c3ccc(=O)[nH]c3)c2)cc1)Nc1ccc(Cl)c(C(F)(F)F)c1. The Kier molecular flexibility index (Phi) is 8.53. The Labute approximate surface area is 233 Å². The van der Waals surface area contributed by atoms with E-state index in [0.717, 1.165) is 18.2 Å². The topological polar surface area (TPSA) is 154 Å². The lowest BCUT2D eigenvalue weighted by Gasteiger charge is -2.12. The smallest absolute Gasteiger partial charge is 0.417 e. The number of carbonyl (C=O) groups is 3. The van der Waals surface area contributed by atoms with Crippen molar-refractivity contribution in [2.45, 2.75) is 6.18 Å². The minimum atomic E-state index is -4.68. The van der Waals surface area contributed by atoms with Crippen LogP contribution in [0.15, 0.2) is 83.9 Å². The molecule has 0 bridgehead atoms. The van der Waals surface area contributed by atoms with Crippen molar-refractivity contribution in [3.05, 3.63) is 111 Å². The number of pyridine rings is 2. The highest BCUT2D eigenvalue weighted by Gasteiger charge is 2.33. The van der Waals surface area contributed by atoms with Crippen molar-refractivity contribution < 1.29 is 32.3 Å². The number of aromatic amines is 1. The molecule has 41 heavy (non-hydrogen) atoms. The number of H-pyrrole nitrogens is 1. The predicted molar refractivity (Wildman–Crippen MR) is 142 cm³/mol. The quantitative estimate of drug-likeness (QED) is 0.201. The molecule has 0 aliphatic carbocycles. The van der Waals surface area contributed by atoms with E-state index < -0.39 is 34.6 Å². The van der Waals surface area contributed by atoms with Gasteiger partial charge in [-0.2, -0.15) is 13.2 Å². The van der Waals surface area contributed by atoms with Gasteiger partial charge in [-0.1, -0.05) is 11.6 Å². The Morgan fingerprint density at radius 2 is 1.51 bits per heavy atom. The molecule has 4 rings (SSSR count). The highest BCUT2D eigenvalue weighted by Crippen LogP contribution is 2.36. The average Bonchev–Trinajstić information content (AvgIpc) is 2.93. The molecule has 0 aliphatic heterocycles. The fourth-order valence-corrected chi connectivity index (χ4v) is 3.48. The Hall–Kier alpha value is -5.37. The van der Waals surface area contributed by atoms with Crippen molar-refractivity contribution >= 4 is 40.8 Å². The predicted octanol–water partition coefficient (Wildman–Crippen LogP) is 4.95. The number of amides is 4. The van der Waals surface area contributed by atoms with Crippen LogP contribution in [0.3, 0.4) is 0 Å². The summed E-state index contributed by atoms with van der Waals surface area (Å²) in [5.74, 6) is -0.836. The molecule has 0 saturated carbocycles. The summed E-state index contributed by atoms with van der Waals surface area (Å²) in [5.41, 5.74) is 3.19. The average molecular weight is 587 g/mol. The number of anilines is 2. The van der Waals surface area contributed by atoms with Crippen LogP contribution in [-0.2, 0) is 6.18 Å². The standard InChI is InChI=1S/C26H18ClF3N6O5/c27-20-7-4-16(11-19(20)26(28,29)30)34-25(40)33-15-2-5-17(6-3-15)41-18-9-10-31-21(12-18)24(39)36-35-23(38)14-1-8-22(37)32-13-14/h1-13H,(H,32,37)(H,35,38)(H,36,39)(H2,33,34,40). The largest absolute Gasteiger partial charge is 0.457 e. The van der Waals surface area contributed by atoms with E-state index in [-0.39, 0.29) is 28.3 Å². The van der Waals surface area contributed by atoms with Crippen molar-refractivity contribution in [2.75, 3.05) is 10.6 Å². The minimum Gasteiger partial charge on any atom is -0.457 e. The molecule has 0 spiro atoms. The molecule has 2 heterocycles. The van der Waals surface area contributed by atoms with Crippen molar-refractivity contribution in [1.29, 1.82) is 0 Å². The summed E-state index contributed by atoms with van der Waals surface area (Å²) in [6, 6.07) is 13.4. The first-order valence-electron chi connectivity index (χ1n) is 11.5. The number of benzene rings is 2. The first-order chi connectivity index (χ1) is 19.5. The number of aromatic nitrogens is 2. The summed E-state index contributed by atoms with van der Waals surface area (Å²) < 4.78 is 44.8. The third-order valence-corrected chi connectivity index (χ3v) is 5.51.